The van der Waals surface area contributed by atoms with E-state index < -0.39 is 27.1 Å². The van der Waals surface area contributed by atoms with Crippen molar-refractivity contribution in [1.29, 1.82) is 0 Å². The fourth-order valence-corrected chi connectivity index (χ4v) is 4.99. The fourth-order valence-electron chi connectivity index (χ4n) is 4.52. The second-order valence-electron chi connectivity index (χ2n) is 7.68. The molecule has 0 saturated heterocycles. The van der Waals surface area contributed by atoms with Crippen LogP contribution in [0.2, 0.25) is 0 Å². The lowest BCUT2D eigenvalue weighted by molar-refractivity contribution is -0.0500. The zero-order chi connectivity index (χ0) is 22.6. The monoisotopic (exact) mass is 457 g/mol. The molecule has 1 atom stereocenters. The number of halogens is 3. The normalized spacial score (nSPS) is 18.3. The molecule has 0 spiro atoms. The van der Waals surface area contributed by atoms with Crippen molar-refractivity contribution in [3.05, 3.63) is 41.0 Å². The van der Waals surface area contributed by atoms with Crippen molar-refractivity contribution in [2.75, 3.05) is 20.2 Å². The fraction of sp³-hybridized carbons (Fsp3) is 0.429. The van der Waals surface area contributed by atoms with Gasteiger partial charge < -0.3 is 14.0 Å². The molecule has 2 aromatic rings. The molecule has 2 aromatic carbocycles. The molecule has 1 N–H and O–H groups in total. The van der Waals surface area contributed by atoms with E-state index in [1.165, 1.54) is 13.2 Å². The summed E-state index contributed by atoms with van der Waals surface area (Å²) in [4.78, 5) is 2.36. The minimum atomic E-state index is -5.91. The molecular formula is C21H22F3NO5S. The highest BCUT2D eigenvalue weighted by Gasteiger charge is 2.49. The molecule has 6 nitrogen and oxygen atoms in total. The summed E-state index contributed by atoms with van der Waals surface area (Å²) in [5.41, 5.74) is -1.97. The minimum Gasteiger partial charge on any atom is -0.504 e. The summed E-state index contributed by atoms with van der Waals surface area (Å²) in [5.74, 6) is -0.836. The van der Waals surface area contributed by atoms with Crippen LogP contribution in [0.4, 0.5) is 13.2 Å². The minimum absolute atomic E-state index is 0.0576. The van der Waals surface area contributed by atoms with Gasteiger partial charge in [-0.3, -0.25) is 4.90 Å². The van der Waals surface area contributed by atoms with Crippen LogP contribution in [0, 0.1) is 0 Å². The quantitative estimate of drug-likeness (QED) is 0.537. The summed E-state index contributed by atoms with van der Waals surface area (Å²) in [6.45, 7) is 3.85. The molecule has 168 valence electrons. The Morgan fingerprint density at radius 2 is 1.97 bits per heavy atom. The maximum Gasteiger partial charge on any atom is 0.534 e. The van der Waals surface area contributed by atoms with Crippen molar-refractivity contribution in [2.24, 2.45) is 0 Å². The number of hydrogen-bond donors (Lipinski definition) is 1. The molecule has 10 heteroatoms. The first-order valence-corrected chi connectivity index (χ1v) is 11.3. The molecule has 31 heavy (non-hydrogen) atoms. The molecule has 1 aliphatic heterocycles. The number of alkyl halides is 3. The van der Waals surface area contributed by atoms with Crippen molar-refractivity contribution in [3.8, 4) is 28.4 Å². The summed E-state index contributed by atoms with van der Waals surface area (Å²) in [6, 6.07) is 6.29. The van der Waals surface area contributed by atoms with Gasteiger partial charge in [0.1, 0.15) is 5.75 Å². The first-order chi connectivity index (χ1) is 14.6. The standard InChI is InChI=1S/C21H22F3NO5S/c1-3-7-25-8-6-13-9-14(29-2)11-15-18(13)16(25)10-12-4-5-17(20(26)19(12)15)30-31(27,28)21(22,23)24/h4-5,9,11,16,26H,3,6-8,10H2,1-2H3/t16-/m1/s1. The van der Waals surface area contributed by atoms with Crippen LogP contribution in [-0.4, -0.2) is 44.1 Å². The van der Waals surface area contributed by atoms with E-state index in [-0.39, 0.29) is 11.6 Å². The van der Waals surface area contributed by atoms with Gasteiger partial charge in [-0.25, -0.2) is 0 Å². The third-order valence-corrected chi connectivity index (χ3v) is 6.79. The number of phenolic OH excluding ortho intramolecular Hbond substituents is 1. The van der Waals surface area contributed by atoms with Gasteiger partial charge in [-0.15, -0.1) is 0 Å². The van der Waals surface area contributed by atoms with E-state index in [1.807, 2.05) is 6.07 Å². The molecule has 0 amide bonds. The van der Waals surface area contributed by atoms with Crippen molar-refractivity contribution >= 4 is 10.1 Å². The van der Waals surface area contributed by atoms with Crippen LogP contribution in [0.5, 0.6) is 17.2 Å². The molecule has 1 heterocycles. The molecule has 0 unspecified atom stereocenters. The second kappa shape index (κ2) is 7.59. The molecule has 2 aliphatic rings. The SMILES string of the molecule is CCCN1CCc2cc(OC)cc3c2[C@H]1Cc1ccc(OS(=O)(=O)C(F)(F)F)c(O)c1-3. The van der Waals surface area contributed by atoms with E-state index in [0.717, 1.165) is 43.1 Å². The third-order valence-electron chi connectivity index (χ3n) is 5.82. The molecule has 0 saturated carbocycles. The lowest BCUT2D eigenvalue weighted by atomic mass is 9.76. The van der Waals surface area contributed by atoms with Crippen molar-refractivity contribution in [2.45, 2.75) is 37.7 Å². The number of benzene rings is 2. The maximum absolute atomic E-state index is 12.8. The van der Waals surface area contributed by atoms with Crippen molar-refractivity contribution < 1.29 is 35.6 Å². The van der Waals surface area contributed by atoms with Gasteiger partial charge >= 0.3 is 15.6 Å². The smallest absolute Gasteiger partial charge is 0.504 e. The zero-order valence-electron chi connectivity index (χ0n) is 17.0. The number of hydrogen-bond acceptors (Lipinski definition) is 6. The molecule has 0 fully saturated rings. The Bertz CT molecular complexity index is 1130. The number of aromatic hydroxyl groups is 1. The lowest BCUT2D eigenvalue weighted by Gasteiger charge is -2.42. The lowest BCUT2D eigenvalue weighted by Crippen LogP contribution is -2.38. The van der Waals surface area contributed by atoms with Crippen molar-refractivity contribution in [1.82, 2.24) is 4.90 Å². The largest absolute Gasteiger partial charge is 0.534 e. The van der Waals surface area contributed by atoms with E-state index >= 15 is 0 Å². The van der Waals surface area contributed by atoms with Crippen LogP contribution in [-0.2, 0) is 23.0 Å². The Labute approximate surface area is 178 Å². The van der Waals surface area contributed by atoms with Crippen LogP contribution in [0.1, 0.15) is 36.1 Å². The van der Waals surface area contributed by atoms with Crippen LogP contribution in [0.3, 0.4) is 0 Å². The molecule has 4 rings (SSSR count). The second-order valence-corrected chi connectivity index (χ2v) is 9.22. The summed E-state index contributed by atoms with van der Waals surface area (Å²) in [7, 11) is -4.40. The third kappa shape index (κ3) is 3.61. The number of ether oxygens (including phenoxy) is 1. The number of phenols is 1. The van der Waals surface area contributed by atoms with Gasteiger partial charge in [-0.05, 0) is 66.3 Å². The van der Waals surface area contributed by atoms with Gasteiger partial charge in [0, 0.05) is 18.2 Å². The van der Waals surface area contributed by atoms with E-state index in [4.69, 9.17) is 4.74 Å². The van der Waals surface area contributed by atoms with Gasteiger partial charge in [0.2, 0.25) is 0 Å². The Balaban J connectivity index is 1.89. The van der Waals surface area contributed by atoms with Crippen molar-refractivity contribution in [3.63, 3.8) is 0 Å². The Morgan fingerprint density at radius 3 is 2.61 bits per heavy atom. The van der Waals surface area contributed by atoms with Gasteiger partial charge in [-0.2, -0.15) is 21.6 Å². The van der Waals surface area contributed by atoms with Crippen LogP contribution < -0.4 is 8.92 Å². The maximum atomic E-state index is 12.8. The number of nitrogens with zero attached hydrogens (tertiary/aromatic N) is 1. The Kier molecular flexibility index (Phi) is 5.33. The molecule has 0 aromatic heterocycles. The van der Waals surface area contributed by atoms with E-state index in [2.05, 4.69) is 16.0 Å². The van der Waals surface area contributed by atoms with Gasteiger partial charge in [0.15, 0.2) is 11.5 Å². The summed E-state index contributed by atoms with van der Waals surface area (Å²) < 4.78 is 71.0. The van der Waals surface area contributed by atoms with E-state index in [1.54, 1.807) is 6.07 Å². The highest BCUT2D eigenvalue weighted by atomic mass is 32.2. The van der Waals surface area contributed by atoms with Crippen LogP contribution >= 0.6 is 0 Å². The van der Waals surface area contributed by atoms with E-state index in [0.29, 0.717) is 23.3 Å². The van der Waals surface area contributed by atoms with Crippen LogP contribution in [0.25, 0.3) is 11.1 Å². The highest BCUT2D eigenvalue weighted by Crippen LogP contribution is 2.52. The number of methoxy groups -OCH3 is 1. The molecule has 0 bridgehead atoms. The van der Waals surface area contributed by atoms with Gasteiger partial charge in [0.25, 0.3) is 0 Å². The molecule has 1 aliphatic carbocycles. The highest BCUT2D eigenvalue weighted by molar-refractivity contribution is 7.88. The Morgan fingerprint density at radius 1 is 1.23 bits per heavy atom. The summed E-state index contributed by atoms with van der Waals surface area (Å²) >= 11 is 0. The number of rotatable bonds is 5. The first kappa shape index (κ1) is 21.8. The first-order valence-electron chi connectivity index (χ1n) is 9.88. The number of fused-ring (bicyclic) bond motifs is 2. The summed E-state index contributed by atoms with van der Waals surface area (Å²) in [6.07, 6.45) is 2.28. The average molecular weight is 457 g/mol. The van der Waals surface area contributed by atoms with Crippen LogP contribution in [0.15, 0.2) is 24.3 Å². The zero-order valence-corrected chi connectivity index (χ0v) is 17.8. The summed E-state index contributed by atoms with van der Waals surface area (Å²) in [5, 5.41) is 10.8. The predicted octanol–water partition coefficient (Wildman–Crippen LogP) is 4.16. The topological polar surface area (TPSA) is 76.1 Å². The molecule has 0 radical (unpaired) electrons. The van der Waals surface area contributed by atoms with Gasteiger partial charge in [0.05, 0.1) is 7.11 Å². The average Bonchev–Trinajstić information content (AvgIpc) is 2.70. The predicted molar refractivity (Wildman–Crippen MR) is 108 cm³/mol. The molecular weight excluding hydrogens is 435 g/mol. The van der Waals surface area contributed by atoms with E-state index in [9.17, 15) is 26.7 Å². The Hall–Kier alpha value is -2.46. The van der Waals surface area contributed by atoms with Gasteiger partial charge in [-0.1, -0.05) is 13.0 Å².